The Hall–Kier alpha value is -1.95. The predicted molar refractivity (Wildman–Crippen MR) is 86.7 cm³/mol. The van der Waals surface area contributed by atoms with Crippen LogP contribution in [0.3, 0.4) is 0 Å². The van der Waals surface area contributed by atoms with Gasteiger partial charge in [-0.2, -0.15) is 5.10 Å². The molecule has 0 aliphatic carbocycles. The first-order chi connectivity index (χ1) is 10.2. The van der Waals surface area contributed by atoms with E-state index in [-0.39, 0.29) is 6.03 Å². The largest absolute Gasteiger partial charge is 0.337 e. The monoisotopic (exact) mass is 304 g/mol. The van der Waals surface area contributed by atoms with E-state index < -0.39 is 0 Å². The minimum atomic E-state index is -0.203. The molecule has 112 valence electrons. The van der Waals surface area contributed by atoms with Gasteiger partial charge in [-0.15, -0.1) is 11.8 Å². The van der Waals surface area contributed by atoms with E-state index in [0.717, 1.165) is 6.54 Å². The van der Waals surface area contributed by atoms with E-state index in [9.17, 15) is 4.79 Å². The molecule has 5 nitrogen and oxygen atoms in total. The van der Waals surface area contributed by atoms with Crippen molar-refractivity contribution in [1.29, 1.82) is 0 Å². The first-order valence-corrected chi connectivity index (χ1v) is 7.84. The summed E-state index contributed by atoms with van der Waals surface area (Å²) in [7, 11) is 0. The Kier molecular flexibility index (Phi) is 5.68. The fourth-order valence-electron chi connectivity index (χ4n) is 1.79. The second-order valence-electron chi connectivity index (χ2n) is 4.66. The molecule has 1 heterocycles. The van der Waals surface area contributed by atoms with Crippen LogP contribution < -0.4 is 10.6 Å². The molecule has 6 heteroatoms. The average Bonchev–Trinajstić information content (AvgIpc) is 2.94. The van der Waals surface area contributed by atoms with Crippen molar-refractivity contribution in [1.82, 2.24) is 15.1 Å². The van der Waals surface area contributed by atoms with Gasteiger partial charge in [-0.3, -0.25) is 4.68 Å². The lowest BCUT2D eigenvalue weighted by Gasteiger charge is -2.12. The summed E-state index contributed by atoms with van der Waals surface area (Å²) in [6.07, 6.45) is 3.45. The summed E-state index contributed by atoms with van der Waals surface area (Å²) >= 11 is 1.74. The van der Waals surface area contributed by atoms with E-state index in [4.69, 9.17) is 0 Å². The van der Waals surface area contributed by atoms with Crippen molar-refractivity contribution in [3.05, 3.63) is 42.7 Å². The van der Waals surface area contributed by atoms with Crippen molar-refractivity contribution < 1.29 is 4.79 Å². The molecule has 0 aliphatic heterocycles. The number of hydrogen-bond acceptors (Lipinski definition) is 3. The Balaban J connectivity index is 1.73. The number of thioether (sulfide) groups is 1. The number of urea groups is 1. The predicted octanol–water partition coefficient (Wildman–Crippen LogP) is 3.21. The zero-order chi connectivity index (χ0) is 15.1. The fourth-order valence-corrected chi connectivity index (χ4v) is 2.73. The number of rotatable bonds is 6. The Morgan fingerprint density at radius 3 is 2.81 bits per heavy atom. The minimum absolute atomic E-state index is 0.203. The Labute approximate surface area is 129 Å². The number of carbonyl (C=O) groups is 1. The summed E-state index contributed by atoms with van der Waals surface area (Å²) in [6.45, 7) is 5.48. The number of aromatic nitrogens is 2. The van der Waals surface area contributed by atoms with Gasteiger partial charge in [0, 0.05) is 29.4 Å². The van der Waals surface area contributed by atoms with Crippen molar-refractivity contribution in [3.8, 4) is 0 Å². The van der Waals surface area contributed by atoms with Crippen LogP contribution in [0, 0.1) is 0 Å². The quantitative estimate of drug-likeness (QED) is 0.806. The number of carbonyl (C=O) groups excluding carboxylic acids is 1. The molecule has 1 aromatic carbocycles. The molecule has 0 saturated heterocycles. The van der Waals surface area contributed by atoms with Crippen LogP contribution in [0.4, 0.5) is 10.5 Å². The molecule has 2 N–H and O–H groups in total. The minimum Gasteiger partial charge on any atom is -0.337 e. The highest BCUT2D eigenvalue weighted by molar-refractivity contribution is 8.00. The van der Waals surface area contributed by atoms with Crippen LogP contribution in [0.2, 0.25) is 0 Å². The Bertz CT molecular complexity index is 570. The lowest BCUT2D eigenvalue weighted by atomic mass is 10.4. The molecule has 0 spiro atoms. The third-order valence-electron chi connectivity index (χ3n) is 2.85. The third-order valence-corrected chi connectivity index (χ3v) is 3.96. The number of benzene rings is 1. The van der Waals surface area contributed by atoms with Gasteiger partial charge in [-0.05, 0) is 19.1 Å². The highest BCUT2D eigenvalue weighted by Crippen LogP contribution is 2.21. The fraction of sp³-hybridized carbons (Fsp3) is 0.333. The third kappa shape index (κ3) is 5.15. The van der Waals surface area contributed by atoms with Crippen molar-refractivity contribution in [2.24, 2.45) is 0 Å². The molecule has 21 heavy (non-hydrogen) atoms. The number of anilines is 1. The molecule has 0 saturated carbocycles. The maximum atomic E-state index is 11.8. The van der Waals surface area contributed by atoms with Gasteiger partial charge in [0.1, 0.15) is 0 Å². The van der Waals surface area contributed by atoms with E-state index >= 15 is 0 Å². The van der Waals surface area contributed by atoms with Gasteiger partial charge in [0.15, 0.2) is 0 Å². The van der Waals surface area contributed by atoms with Crippen LogP contribution in [0.5, 0.6) is 0 Å². The summed E-state index contributed by atoms with van der Waals surface area (Å²) in [5.41, 5.74) is 0.706. The van der Waals surface area contributed by atoms with Gasteiger partial charge >= 0.3 is 6.03 Å². The van der Waals surface area contributed by atoms with E-state index in [1.807, 2.05) is 31.3 Å². The number of aryl methyl sites for hydroxylation is 1. The molecule has 1 atom stereocenters. The molecule has 0 aliphatic rings. The molecule has 0 radical (unpaired) electrons. The summed E-state index contributed by atoms with van der Waals surface area (Å²) in [5, 5.41) is 10.1. The van der Waals surface area contributed by atoms with Crippen LogP contribution >= 0.6 is 11.8 Å². The standard InChI is InChI=1S/C15H20N4OS/c1-3-19-11-13(10-17-19)18-15(20)16-9-12(2)21-14-7-5-4-6-8-14/h4-8,10-12H,3,9H2,1-2H3,(H2,16,18,20). The summed E-state index contributed by atoms with van der Waals surface area (Å²) in [6, 6.07) is 9.96. The van der Waals surface area contributed by atoms with Gasteiger partial charge in [0.2, 0.25) is 0 Å². The van der Waals surface area contributed by atoms with Crippen molar-refractivity contribution >= 4 is 23.5 Å². The van der Waals surface area contributed by atoms with Crippen LogP contribution in [0.1, 0.15) is 13.8 Å². The van der Waals surface area contributed by atoms with Crippen molar-refractivity contribution in [3.63, 3.8) is 0 Å². The molecule has 0 bridgehead atoms. The molecule has 1 aromatic heterocycles. The highest BCUT2D eigenvalue weighted by atomic mass is 32.2. The second-order valence-corrected chi connectivity index (χ2v) is 6.17. The second kappa shape index (κ2) is 7.73. The summed E-state index contributed by atoms with van der Waals surface area (Å²) < 4.78 is 1.77. The molecule has 2 amide bonds. The lowest BCUT2D eigenvalue weighted by Crippen LogP contribution is -2.33. The smallest absolute Gasteiger partial charge is 0.319 e. The molecule has 1 unspecified atom stereocenters. The Morgan fingerprint density at radius 1 is 1.38 bits per heavy atom. The maximum Gasteiger partial charge on any atom is 0.319 e. The van der Waals surface area contributed by atoms with E-state index in [1.54, 1.807) is 22.6 Å². The Morgan fingerprint density at radius 2 is 2.14 bits per heavy atom. The molecule has 0 fully saturated rings. The zero-order valence-corrected chi connectivity index (χ0v) is 13.1. The molecule has 2 aromatic rings. The van der Waals surface area contributed by atoms with Gasteiger partial charge < -0.3 is 10.6 Å². The van der Waals surface area contributed by atoms with Gasteiger partial charge in [0.05, 0.1) is 11.9 Å². The highest BCUT2D eigenvalue weighted by Gasteiger charge is 2.08. The first kappa shape index (κ1) is 15.4. The number of amides is 2. The van der Waals surface area contributed by atoms with E-state index in [2.05, 4.69) is 34.8 Å². The number of nitrogens with zero attached hydrogens (tertiary/aromatic N) is 2. The summed E-state index contributed by atoms with van der Waals surface area (Å²) in [5.74, 6) is 0. The molecular weight excluding hydrogens is 284 g/mol. The van der Waals surface area contributed by atoms with Crippen LogP contribution in [0.15, 0.2) is 47.6 Å². The van der Waals surface area contributed by atoms with Crippen LogP contribution in [-0.2, 0) is 6.54 Å². The first-order valence-electron chi connectivity index (χ1n) is 6.96. The summed E-state index contributed by atoms with van der Waals surface area (Å²) in [4.78, 5) is 13.0. The number of hydrogen-bond donors (Lipinski definition) is 2. The topological polar surface area (TPSA) is 59.0 Å². The normalized spacial score (nSPS) is 11.9. The van der Waals surface area contributed by atoms with E-state index in [0.29, 0.717) is 17.5 Å². The van der Waals surface area contributed by atoms with Crippen molar-refractivity contribution in [2.75, 3.05) is 11.9 Å². The molecular formula is C15H20N4OS. The molecule has 2 rings (SSSR count). The van der Waals surface area contributed by atoms with Crippen LogP contribution in [0.25, 0.3) is 0 Å². The number of nitrogens with one attached hydrogen (secondary N) is 2. The van der Waals surface area contributed by atoms with Gasteiger partial charge in [0.25, 0.3) is 0 Å². The average molecular weight is 304 g/mol. The van der Waals surface area contributed by atoms with E-state index in [1.165, 1.54) is 4.90 Å². The zero-order valence-electron chi connectivity index (χ0n) is 12.2. The lowest BCUT2D eigenvalue weighted by molar-refractivity contribution is 0.252. The van der Waals surface area contributed by atoms with Crippen LogP contribution in [-0.4, -0.2) is 27.6 Å². The van der Waals surface area contributed by atoms with Gasteiger partial charge in [-0.25, -0.2) is 4.79 Å². The SMILES string of the molecule is CCn1cc(NC(=O)NCC(C)Sc2ccccc2)cn1. The van der Waals surface area contributed by atoms with Gasteiger partial charge in [-0.1, -0.05) is 25.1 Å². The maximum absolute atomic E-state index is 11.8. The van der Waals surface area contributed by atoms with Crippen molar-refractivity contribution in [2.45, 2.75) is 30.5 Å².